The lowest BCUT2D eigenvalue weighted by atomic mass is 10.0. The Kier molecular flexibility index (Phi) is 10.1. The number of aliphatic carboxylic acids is 1. The number of halogens is 1. The van der Waals surface area contributed by atoms with Gasteiger partial charge in [-0.25, -0.2) is 0 Å². The Hall–Kier alpha value is -2.95. The van der Waals surface area contributed by atoms with Gasteiger partial charge in [-0.2, -0.15) is 0 Å². The molecular formula is C20H27BrN4O6. The molecule has 1 rings (SSSR count). The minimum absolute atomic E-state index is 0.321. The van der Waals surface area contributed by atoms with Gasteiger partial charge in [0.25, 0.3) is 5.91 Å². The molecule has 0 aliphatic heterocycles. The van der Waals surface area contributed by atoms with Crippen LogP contribution in [-0.4, -0.2) is 59.4 Å². The molecular weight excluding hydrogens is 472 g/mol. The summed E-state index contributed by atoms with van der Waals surface area (Å²) < 4.78 is 0.812. The smallest absolute Gasteiger partial charge is 0.325 e. The summed E-state index contributed by atoms with van der Waals surface area (Å²) in [7, 11) is 0. The molecule has 0 aliphatic rings. The van der Waals surface area contributed by atoms with Gasteiger partial charge in [0.15, 0.2) is 0 Å². The first-order valence-corrected chi connectivity index (χ1v) is 10.4. The topological polar surface area (TPSA) is 154 Å². The lowest BCUT2D eigenvalue weighted by Gasteiger charge is -2.24. The quantitative estimate of drug-likeness (QED) is 0.314. The summed E-state index contributed by atoms with van der Waals surface area (Å²) in [5.74, 6) is -3.81. The molecule has 0 aliphatic carbocycles. The van der Waals surface area contributed by atoms with Gasteiger partial charge in [-0.15, -0.1) is 0 Å². The summed E-state index contributed by atoms with van der Waals surface area (Å²) >= 11 is 3.27. The van der Waals surface area contributed by atoms with Crippen molar-refractivity contribution in [2.24, 2.45) is 5.92 Å². The van der Waals surface area contributed by atoms with E-state index in [1.165, 1.54) is 13.8 Å². The van der Waals surface area contributed by atoms with Gasteiger partial charge >= 0.3 is 5.97 Å². The van der Waals surface area contributed by atoms with E-state index in [9.17, 15) is 24.0 Å². The molecule has 3 unspecified atom stereocenters. The standard InChI is InChI=1S/C20H27BrN4O6/c1-10(2)16(19(29)24-12(4)20(30)31)25-17(27)11(3)23-15(26)9-22-18(28)13-5-7-14(21)8-6-13/h5-8,10-12,16H,9H2,1-4H3,(H,22,28)(H,23,26)(H,24,29)(H,25,27)(H,30,31). The lowest BCUT2D eigenvalue weighted by Crippen LogP contribution is -2.56. The highest BCUT2D eigenvalue weighted by Gasteiger charge is 2.28. The van der Waals surface area contributed by atoms with E-state index in [4.69, 9.17) is 5.11 Å². The molecule has 0 spiro atoms. The number of carbonyl (C=O) groups is 5. The maximum Gasteiger partial charge on any atom is 0.325 e. The van der Waals surface area contributed by atoms with Gasteiger partial charge in [0, 0.05) is 10.0 Å². The van der Waals surface area contributed by atoms with Crippen LogP contribution in [0.5, 0.6) is 0 Å². The molecule has 0 aromatic heterocycles. The van der Waals surface area contributed by atoms with Crippen molar-refractivity contribution in [3.8, 4) is 0 Å². The maximum atomic E-state index is 12.4. The van der Waals surface area contributed by atoms with Gasteiger partial charge in [0.2, 0.25) is 17.7 Å². The van der Waals surface area contributed by atoms with Crippen LogP contribution in [-0.2, 0) is 19.2 Å². The third kappa shape index (κ3) is 8.75. The van der Waals surface area contributed by atoms with E-state index in [0.717, 1.165) is 4.47 Å². The van der Waals surface area contributed by atoms with Gasteiger partial charge < -0.3 is 26.4 Å². The highest BCUT2D eigenvalue weighted by molar-refractivity contribution is 9.10. The Morgan fingerprint density at radius 1 is 0.871 bits per heavy atom. The van der Waals surface area contributed by atoms with E-state index in [2.05, 4.69) is 37.2 Å². The zero-order valence-corrected chi connectivity index (χ0v) is 19.3. The van der Waals surface area contributed by atoms with Gasteiger partial charge in [0.05, 0.1) is 6.54 Å². The highest BCUT2D eigenvalue weighted by Crippen LogP contribution is 2.10. The number of nitrogens with one attached hydrogen (secondary N) is 4. The van der Waals surface area contributed by atoms with E-state index in [-0.39, 0.29) is 12.5 Å². The maximum absolute atomic E-state index is 12.4. The number of carbonyl (C=O) groups excluding carboxylic acids is 4. The number of carboxylic acids is 1. The zero-order chi connectivity index (χ0) is 23.7. The highest BCUT2D eigenvalue weighted by atomic mass is 79.9. The molecule has 1 aromatic carbocycles. The van der Waals surface area contributed by atoms with Crippen molar-refractivity contribution < 1.29 is 29.1 Å². The van der Waals surface area contributed by atoms with Crippen LogP contribution in [0.1, 0.15) is 38.1 Å². The van der Waals surface area contributed by atoms with Crippen LogP contribution in [0.4, 0.5) is 0 Å². The first-order valence-electron chi connectivity index (χ1n) is 9.59. The SMILES string of the molecule is CC(NC(=O)C(NC(=O)C(C)NC(=O)CNC(=O)c1ccc(Br)cc1)C(C)C)C(=O)O. The Bertz CT molecular complexity index is 827. The molecule has 5 N–H and O–H groups in total. The van der Waals surface area contributed by atoms with E-state index in [1.54, 1.807) is 38.1 Å². The summed E-state index contributed by atoms with van der Waals surface area (Å²) in [6.07, 6.45) is 0. The second kappa shape index (κ2) is 12.0. The minimum Gasteiger partial charge on any atom is -0.480 e. The fourth-order valence-electron chi connectivity index (χ4n) is 2.40. The Balaban J connectivity index is 2.57. The Morgan fingerprint density at radius 2 is 1.45 bits per heavy atom. The van der Waals surface area contributed by atoms with Crippen LogP contribution in [0.3, 0.4) is 0 Å². The second-order valence-corrected chi connectivity index (χ2v) is 8.19. The number of amides is 4. The van der Waals surface area contributed by atoms with Crippen molar-refractivity contribution in [1.82, 2.24) is 21.3 Å². The number of hydrogen-bond acceptors (Lipinski definition) is 5. The first-order chi connectivity index (χ1) is 14.4. The molecule has 0 heterocycles. The zero-order valence-electron chi connectivity index (χ0n) is 17.7. The average molecular weight is 499 g/mol. The van der Waals surface area contributed by atoms with Crippen LogP contribution in [0.2, 0.25) is 0 Å². The van der Waals surface area contributed by atoms with E-state index < -0.39 is 47.7 Å². The third-order valence-corrected chi connectivity index (χ3v) is 4.79. The first kappa shape index (κ1) is 26.1. The summed E-state index contributed by atoms with van der Waals surface area (Å²) in [6, 6.07) is 3.50. The van der Waals surface area contributed by atoms with Crippen LogP contribution >= 0.6 is 15.9 Å². The summed E-state index contributed by atoms with van der Waals surface area (Å²) in [4.78, 5) is 59.7. The predicted octanol–water partition coefficient (Wildman–Crippen LogP) is 0.414. The molecule has 1 aromatic rings. The van der Waals surface area contributed by atoms with Crippen molar-refractivity contribution in [2.75, 3.05) is 6.54 Å². The molecule has 170 valence electrons. The summed E-state index contributed by atoms with van der Waals surface area (Å²) in [5, 5.41) is 18.6. The van der Waals surface area contributed by atoms with Gasteiger partial charge in [0.1, 0.15) is 18.1 Å². The van der Waals surface area contributed by atoms with E-state index in [1.807, 2.05) is 0 Å². The van der Waals surface area contributed by atoms with Gasteiger partial charge in [-0.1, -0.05) is 29.8 Å². The molecule has 3 atom stereocenters. The fraction of sp³-hybridized carbons (Fsp3) is 0.450. The third-order valence-electron chi connectivity index (χ3n) is 4.26. The largest absolute Gasteiger partial charge is 0.480 e. The Labute approximate surface area is 188 Å². The van der Waals surface area contributed by atoms with Crippen molar-refractivity contribution in [3.63, 3.8) is 0 Å². The average Bonchev–Trinajstić information content (AvgIpc) is 2.69. The molecule has 0 bridgehead atoms. The van der Waals surface area contributed by atoms with Crippen LogP contribution in [0, 0.1) is 5.92 Å². The van der Waals surface area contributed by atoms with Crippen molar-refractivity contribution in [1.29, 1.82) is 0 Å². The number of hydrogen-bond donors (Lipinski definition) is 5. The normalized spacial score (nSPS) is 13.5. The molecule has 4 amide bonds. The fourth-order valence-corrected chi connectivity index (χ4v) is 2.66. The monoisotopic (exact) mass is 498 g/mol. The van der Waals surface area contributed by atoms with Crippen molar-refractivity contribution >= 4 is 45.5 Å². The van der Waals surface area contributed by atoms with Gasteiger partial charge in [-0.3, -0.25) is 24.0 Å². The minimum atomic E-state index is -1.20. The van der Waals surface area contributed by atoms with Crippen LogP contribution < -0.4 is 21.3 Å². The molecule has 0 saturated carbocycles. The molecule has 0 radical (unpaired) electrons. The summed E-state index contributed by atoms with van der Waals surface area (Å²) in [6.45, 7) is 5.79. The number of rotatable bonds is 10. The van der Waals surface area contributed by atoms with Crippen molar-refractivity contribution in [3.05, 3.63) is 34.3 Å². The Morgan fingerprint density at radius 3 is 1.97 bits per heavy atom. The van der Waals surface area contributed by atoms with Crippen LogP contribution in [0.25, 0.3) is 0 Å². The number of carboxylic acid groups (broad SMARTS) is 1. The molecule has 0 saturated heterocycles. The molecule has 11 heteroatoms. The summed E-state index contributed by atoms with van der Waals surface area (Å²) in [5.41, 5.74) is 0.378. The van der Waals surface area contributed by atoms with E-state index >= 15 is 0 Å². The second-order valence-electron chi connectivity index (χ2n) is 7.28. The number of benzene rings is 1. The molecule has 0 fully saturated rings. The molecule has 10 nitrogen and oxygen atoms in total. The predicted molar refractivity (Wildman–Crippen MR) is 116 cm³/mol. The van der Waals surface area contributed by atoms with Crippen LogP contribution in [0.15, 0.2) is 28.7 Å². The lowest BCUT2D eigenvalue weighted by molar-refractivity contribution is -0.142. The van der Waals surface area contributed by atoms with Gasteiger partial charge in [-0.05, 0) is 44.0 Å². The molecule has 31 heavy (non-hydrogen) atoms. The van der Waals surface area contributed by atoms with Crippen molar-refractivity contribution in [2.45, 2.75) is 45.8 Å². The van der Waals surface area contributed by atoms with E-state index in [0.29, 0.717) is 5.56 Å².